The molecule has 1 aliphatic heterocycles. The van der Waals surface area contributed by atoms with E-state index in [4.69, 9.17) is 16.2 Å². The van der Waals surface area contributed by atoms with Crippen LogP contribution in [0, 0.1) is 0 Å². The molecule has 0 aromatic carbocycles. The molecule has 88 valence electrons. The number of morpholine rings is 1. The van der Waals surface area contributed by atoms with Crippen molar-refractivity contribution in [3.05, 3.63) is 11.9 Å². The van der Waals surface area contributed by atoms with Gasteiger partial charge in [0.15, 0.2) is 0 Å². The summed E-state index contributed by atoms with van der Waals surface area (Å²) in [6.07, 6.45) is 2.18. The van der Waals surface area contributed by atoms with Gasteiger partial charge in [0.05, 0.1) is 13.2 Å². The van der Waals surface area contributed by atoms with Crippen molar-refractivity contribution in [2.45, 2.75) is 6.42 Å². The number of nitrogens with zero attached hydrogens (tertiary/aromatic N) is 3. The maximum atomic E-state index is 5.76. The van der Waals surface area contributed by atoms with Crippen LogP contribution in [-0.2, 0) is 11.2 Å². The molecule has 0 aliphatic carbocycles. The van der Waals surface area contributed by atoms with Gasteiger partial charge in [-0.2, -0.15) is 0 Å². The first-order chi connectivity index (χ1) is 7.77. The van der Waals surface area contributed by atoms with Crippen LogP contribution in [0.1, 0.15) is 5.56 Å². The summed E-state index contributed by atoms with van der Waals surface area (Å²) < 4.78 is 5.28. The minimum atomic E-state index is 0.487. The van der Waals surface area contributed by atoms with E-state index in [9.17, 15) is 0 Å². The van der Waals surface area contributed by atoms with Gasteiger partial charge in [0.25, 0.3) is 0 Å². The Morgan fingerprint density at radius 3 is 2.44 bits per heavy atom. The van der Waals surface area contributed by atoms with Crippen molar-refractivity contribution in [3.63, 3.8) is 0 Å². The molecule has 0 atom stereocenters. The zero-order valence-electron chi connectivity index (χ0n) is 9.22. The molecule has 2 rings (SSSR count). The van der Waals surface area contributed by atoms with E-state index < -0.39 is 0 Å². The minimum Gasteiger partial charge on any atom is -0.383 e. The predicted octanol–water partition coefficient (Wildman–Crippen LogP) is -0.484. The number of aromatic nitrogens is 2. The molecule has 16 heavy (non-hydrogen) atoms. The molecule has 2 heterocycles. The van der Waals surface area contributed by atoms with Crippen molar-refractivity contribution in [2.75, 3.05) is 44.3 Å². The highest BCUT2D eigenvalue weighted by Gasteiger charge is 2.12. The van der Waals surface area contributed by atoms with Gasteiger partial charge in [-0.15, -0.1) is 0 Å². The van der Waals surface area contributed by atoms with Gasteiger partial charge in [-0.05, 0) is 6.42 Å². The van der Waals surface area contributed by atoms with E-state index in [1.165, 1.54) is 6.33 Å². The van der Waals surface area contributed by atoms with Gasteiger partial charge in [-0.25, -0.2) is 9.97 Å². The average molecular weight is 223 g/mol. The Morgan fingerprint density at radius 2 is 1.81 bits per heavy atom. The van der Waals surface area contributed by atoms with Gasteiger partial charge in [-0.1, -0.05) is 0 Å². The van der Waals surface area contributed by atoms with Crippen molar-refractivity contribution in [3.8, 4) is 0 Å². The topological polar surface area (TPSA) is 90.3 Å². The fourth-order valence-corrected chi connectivity index (χ4v) is 1.79. The van der Waals surface area contributed by atoms with E-state index in [0.29, 0.717) is 11.6 Å². The van der Waals surface area contributed by atoms with Crippen molar-refractivity contribution in [1.29, 1.82) is 0 Å². The second-order valence-corrected chi connectivity index (χ2v) is 3.83. The summed E-state index contributed by atoms with van der Waals surface area (Å²) >= 11 is 0. The molecule has 4 N–H and O–H groups in total. The number of hydrogen-bond donors (Lipinski definition) is 2. The smallest absolute Gasteiger partial charge is 0.132 e. The molecule has 1 fully saturated rings. The number of nitrogens with two attached hydrogens (primary N) is 2. The van der Waals surface area contributed by atoms with Crippen LogP contribution in [0.2, 0.25) is 0 Å². The van der Waals surface area contributed by atoms with E-state index in [-0.39, 0.29) is 0 Å². The van der Waals surface area contributed by atoms with E-state index >= 15 is 0 Å². The van der Waals surface area contributed by atoms with E-state index in [0.717, 1.165) is 44.8 Å². The Kier molecular flexibility index (Phi) is 3.53. The zero-order valence-corrected chi connectivity index (χ0v) is 9.22. The number of nitrogen functional groups attached to an aromatic ring is 2. The van der Waals surface area contributed by atoms with Crippen molar-refractivity contribution < 1.29 is 4.74 Å². The summed E-state index contributed by atoms with van der Waals surface area (Å²) in [5.74, 6) is 0.974. The summed E-state index contributed by atoms with van der Waals surface area (Å²) in [6, 6.07) is 0. The lowest BCUT2D eigenvalue weighted by molar-refractivity contribution is 0.0385. The van der Waals surface area contributed by atoms with Gasteiger partial charge in [0.2, 0.25) is 0 Å². The van der Waals surface area contributed by atoms with Crippen LogP contribution in [0.15, 0.2) is 6.33 Å². The highest BCUT2D eigenvalue weighted by Crippen LogP contribution is 2.15. The fourth-order valence-electron chi connectivity index (χ4n) is 1.79. The molecule has 6 nitrogen and oxygen atoms in total. The maximum Gasteiger partial charge on any atom is 0.132 e. The highest BCUT2D eigenvalue weighted by molar-refractivity contribution is 5.52. The van der Waals surface area contributed by atoms with Crippen molar-refractivity contribution >= 4 is 11.6 Å². The summed E-state index contributed by atoms with van der Waals surface area (Å²) in [5.41, 5.74) is 12.4. The first kappa shape index (κ1) is 11.1. The van der Waals surface area contributed by atoms with Gasteiger partial charge in [-0.3, -0.25) is 4.90 Å². The molecule has 0 unspecified atom stereocenters. The van der Waals surface area contributed by atoms with Crippen LogP contribution in [0.5, 0.6) is 0 Å². The summed E-state index contributed by atoms with van der Waals surface area (Å²) in [7, 11) is 0. The standard InChI is InChI=1S/C10H17N5O/c11-9-8(10(12)14-7-13-9)1-2-15-3-5-16-6-4-15/h7H,1-6H2,(H4,11,12,13,14). The summed E-state index contributed by atoms with van der Waals surface area (Å²) in [5, 5.41) is 0. The van der Waals surface area contributed by atoms with Crippen LogP contribution in [0.4, 0.5) is 11.6 Å². The van der Waals surface area contributed by atoms with E-state index in [1.54, 1.807) is 0 Å². The van der Waals surface area contributed by atoms with Gasteiger partial charge < -0.3 is 16.2 Å². The Morgan fingerprint density at radius 1 is 1.19 bits per heavy atom. The monoisotopic (exact) mass is 223 g/mol. The average Bonchev–Trinajstić information content (AvgIpc) is 2.30. The first-order valence-electron chi connectivity index (χ1n) is 5.42. The Bertz CT molecular complexity index is 331. The first-order valence-corrected chi connectivity index (χ1v) is 5.42. The molecule has 1 aromatic heterocycles. The van der Waals surface area contributed by atoms with E-state index in [1.807, 2.05) is 0 Å². The quantitative estimate of drug-likeness (QED) is 0.719. The third kappa shape index (κ3) is 2.59. The lowest BCUT2D eigenvalue weighted by Crippen LogP contribution is -2.37. The molecule has 1 aliphatic rings. The van der Waals surface area contributed by atoms with Gasteiger partial charge >= 0.3 is 0 Å². The Hall–Kier alpha value is -1.40. The van der Waals surface area contributed by atoms with Crippen LogP contribution in [0.25, 0.3) is 0 Å². The molecule has 1 aromatic rings. The zero-order chi connectivity index (χ0) is 11.4. The van der Waals surface area contributed by atoms with Gasteiger partial charge in [0, 0.05) is 25.2 Å². The van der Waals surface area contributed by atoms with Crippen LogP contribution in [0.3, 0.4) is 0 Å². The van der Waals surface area contributed by atoms with E-state index in [2.05, 4.69) is 14.9 Å². The lowest BCUT2D eigenvalue weighted by Gasteiger charge is -2.26. The molecule has 0 spiro atoms. The fraction of sp³-hybridized carbons (Fsp3) is 0.600. The SMILES string of the molecule is Nc1ncnc(N)c1CCN1CCOCC1. The molecular weight excluding hydrogens is 206 g/mol. The normalized spacial score (nSPS) is 17.5. The van der Waals surface area contributed by atoms with Crippen molar-refractivity contribution in [1.82, 2.24) is 14.9 Å². The van der Waals surface area contributed by atoms with Crippen LogP contribution >= 0.6 is 0 Å². The molecule has 0 saturated carbocycles. The largest absolute Gasteiger partial charge is 0.383 e. The summed E-state index contributed by atoms with van der Waals surface area (Å²) in [4.78, 5) is 10.2. The second kappa shape index (κ2) is 5.09. The Labute approximate surface area is 94.6 Å². The molecule has 0 bridgehead atoms. The lowest BCUT2D eigenvalue weighted by atomic mass is 10.2. The molecule has 6 heteroatoms. The van der Waals surface area contributed by atoms with Gasteiger partial charge in [0.1, 0.15) is 18.0 Å². The number of hydrogen-bond acceptors (Lipinski definition) is 6. The van der Waals surface area contributed by atoms with Crippen LogP contribution < -0.4 is 11.5 Å². The number of rotatable bonds is 3. The third-order valence-electron chi connectivity index (χ3n) is 2.79. The minimum absolute atomic E-state index is 0.487. The number of ether oxygens (including phenoxy) is 1. The molecule has 1 saturated heterocycles. The number of anilines is 2. The molecule has 0 amide bonds. The predicted molar refractivity (Wildman–Crippen MR) is 61.8 cm³/mol. The summed E-state index contributed by atoms with van der Waals surface area (Å²) in [6.45, 7) is 4.46. The molecule has 0 radical (unpaired) electrons. The second-order valence-electron chi connectivity index (χ2n) is 3.83. The van der Waals surface area contributed by atoms with Crippen molar-refractivity contribution in [2.24, 2.45) is 0 Å². The van der Waals surface area contributed by atoms with Crippen LogP contribution in [-0.4, -0.2) is 47.7 Å². The maximum absolute atomic E-state index is 5.76. The molecular formula is C10H17N5O. The Balaban J connectivity index is 1.93. The highest BCUT2D eigenvalue weighted by atomic mass is 16.5. The third-order valence-corrected chi connectivity index (χ3v) is 2.79.